The van der Waals surface area contributed by atoms with Gasteiger partial charge in [-0.05, 0) is 18.2 Å². The summed E-state index contributed by atoms with van der Waals surface area (Å²) >= 11 is 11.6. The normalized spacial score (nSPS) is 10.2. The molecule has 20 heavy (non-hydrogen) atoms. The number of amides is 1. The molecule has 0 radical (unpaired) electrons. The van der Waals surface area contributed by atoms with Crippen LogP contribution in [0.5, 0.6) is 5.75 Å². The summed E-state index contributed by atoms with van der Waals surface area (Å²) in [7, 11) is 1.46. The van der Waals surface area contributed by atoms with Crippen molar-refractivity contribution in [2.24, 2.45) is 0 Å². The molecule has 1 aromatic heterocycles. The summed E-state index contributed by atoms with van der Waals surface area (Å²) < 4.78 is 18.1. The third kappa shape index (κ3) is 3.18. The highest BCUT2D eigenvalue weighted by Gasteiger charge is 2.13. The number of aromatic nitrogens is 1. The number of rotatable bonds is 3. The Morgan fingerprint density at radius 2 is 2.10 bits per heavy atom. The number of carbonyl (C=O) groups excluding carboxylic acids is 1. The van der Waals surface area contributed by atoms with Crippen molar-refractivity contribution in [3.8, 4) is 5.75 Å². The van der Waals surface area contributed by atoms with Gasteiger partial charge < -0.3 is 10.1 Å². The number of nitrogens with one attached hydrogen (secondary N) is 1. The first-order chi connectivity index (χ1) is 9.51. The van der Waals surface area contributed by atoms with Crippen LogP contribution in [0.4, 0.5) is 10.1 Å². The van der Waals surface area contributed by atoms with Gasteiger partial charge in [-0.15, -0.1) is 0 Å². The van der Waals surface area contributed by atoms with Crippen molar-refractivity contribution in [3.05, 3.63) is 52.0 Å². The quantitative estimate of drug-likeness (QED) is 0.877. The summed E-state index contributed by atoms with van der Waals surface area (Å²) in [6.45, 7) is 0. The van der Waals surface area contributed by atoms with E-state index in [4.69, 9.17) is 27.9 Å². The van der Waals surface area contributed by atoms with Gasteiger partial charge >= 0.3 is 0 Å². The van der Waals surface area contributed by atoms with Crippen molar-refractivity contribution in [3.63, 3.8) is 0 Å². The van der Waals surface area contributed by atoms with Crippen molar-refractivity contribution < 1.29 is 13.9 Å². The Hall–Kier alpha value is -1.85. The van der Waals surface area contributed by atoms with Crippen LogP contribution in [0, 0.1) is 5.82 Å². The molecule has 0 aliphatic rings. The Morgan fingerprint density at radius 3 is 2.80 bits per heavy atom. The first-order valence-electron chi connectivity index (χ1n) is 5.47. The number of methoxy groups -OCH3 is 1. The second-order valence-corrected chi connectivity index (χ2v) is 4.56. The number of nitrogens with zero attached hydrogens (tertiary/aromatic N) is 1. The van der Waals surface area contributed by atoms with Crippen molar-refractivity contribution in [2.45, 2.75) is 0 Å². The molecule has 0 unspecified atom stereocenters. The monoisotopic (exact) mass is 314 g/mol. The van der Waals surface area contributed by atoms with Gasteiger partial charge in [0.2, 0.25) is 0 Å². The highest BCUT2D eigenvalue weighted by Crippen LogP contribution is 2.27. The molecule has 4 nitrogen and oxygen atoms in total. The zero-order valence-electron chi connectivity index (χ0n) is 10.3. The van der Waals surface area contributed by atoms with E-state index in [0.717, 1.165) is 12.3 Å². The number of carbonyl (C=O) groups is 1. The second-order valence-electron chi connectivity index (χ2n) is 3.80. The van der Waals surface area contributed by atoms with Gasteiger partial charge in [-0.25, -0.2) is 9.37 Å². The molecule has 7 heteroatoms. The number of ether oxygens (including phenoxy) is 1. The zero-order valence-corrected chi connectivity index (χ0v) is 11.8. The van der Waals surface area contributed by atoms with E-state index in [9.17, 15) is 9.18 Å². The Morgan fingerprint density at radius 1 is 1.35 bits per heavy atom. The van der Waals surface area contributed by atoms with Gasteiger partial charge in [-0.1, -0.05) is 23.2 Å². The van der Waals surface area contributed by atoms with Gasteiger partial charge in [0.25, 0.3) is 5.91 Å². The summed E-state index contributed by atoms with van der Waals surface area (Å²) in [5.74, 6) is -0.812. The third-order valence-electron chi connectivity index (χ3n) is 2.46. The fraction of sp³-hybridized carbons (Fsp3) is 0.0769. The summed E-state index contributed by atoms with van der Waals surface area (Å²) in [6, 6.07) is 5.71. The number of anilines is 1. The average molecular weight is 315 g/mol. The average Bonchev–Trinajstić information content (AvgIpc) is 2.43. The van der Waals surface area contributed by atoms with Gasteiger partial charge in [0.1, 0.15) is 16.7 Å². The third-order valence-corrected chi connectivity index (χ3v) is 3.07. The smallest absolute Gasteiger partial charge is 0.258 e. The van der Waals surface area contributed by atoms with Crippen LogP contribution in [0.15, 0.2) is 30.5 Å². The van der Waals surface area contributed by atoms with Crippen LogP contribution in [-0.2, 0) is 0 Å². The molecule has 104 valence electrons. The molecular formula is C13H9Cl2FN2O2. The predicted molar refractivity (Wildman–Crippen MR) is 75.2 cm³/mol. The van der Waals surface area contributed by atoms with E-state index in [1.807, 2.05) is 0 Å². The Labute approximate surface area is 124 Å². The van der Waals surface area contributed by atoms with E-state index in [1.165, 1.54) is 7.11 Å². The Balaban J connectivity index is 2.25. The highest BCUT2D eigenvalue weighted by molar-refractivity contribution is 6.33. The van der Waals surface area contributed by atoms with E-state index in [2.05, 4.69) is 10.3 Å². The van der Waals surface area contributed by atoms with Crippen molar-refractivity contribution in [1.29, 1.82) is 0 Å². The number of hydrogen-bond donors (Lipinski definition) is 1. The molecular weight excluding hydrogens is 306 g/mol. The minimum atomic E-state index is -0.645. The summed E-state index contributed by atoms with van der Waals surface area (Å²) in [5.41, 5.74) is 0.386. The molecule has 0 atom stereocenters. The molecule has 0 spiro atoms. The predicted octanol–water partition coefficient (Wildman–Crippen LogP) is 3.79. The van der Waals surface area contributed by atoms with E-state index >= 15 is 0 Å². The van der Waals surface area contributed by atoms with E-state index in [-0.39, 0.29) is 10.7 Å². The van der Waals surface area contributed by atoms with Gasteiger partial charge in [-0.2, -0.15) is 0 Å². The fourth-order valence-electron chi connectivity index (χ4n) is 1.52. The molecule has 0 aliphatic heterocycles. The van der Waals surface area contributed by atoms with Crippen LogP contribution in [0.2, 0.25) is 10.2 Å². The van der Waals surface area contributed by atoms with E-state index in [1.54, 1.807) is 18.2 Å². The van der Waals surface area contributed by atoms with Gasteiger partial charge in [0.05, 0.1) is 23.9 Å². The number of pyridine rings is 1. The molecule has 1 aromatic carbocycles. The second kappa shape index (κ2) is 6.07. The minimum absolute atomic E-state index is 0.0550. The maximum atomic E-state index is 13.1. The first-order valence-corrected chi connectivity index (χ1v) is 6.23. The summed E-state index contributed by atoms with van der Waals surface area (Å²) in [5, 5.41) is 2.89. The molecule has 0 fully saturated rings. The van der Waals surface area contributed by atoms with Gasteiger partial charge in [0, 0.05) is 11.8 Å². The lowest BCUT2D eigenvalue weighted by molar-refractivity contribution is 0.102. The van der Waals surface area contributed by atoms with Crippen molar-refractivity contribution in [1.82, 2.24) is 4.98 Å². The largest absolute Gasteiger partial charge is 0.495 e. The maximum absolute atomic E-state index is 13.1. The molecule has 0 saturated heterocycles. The lowest BCUT2D eigenvalue weighted by Gasteiger charge is -2.09. The number of benzene rings is 1. The Bertz CT molecular complexity index is 665. The summed E-state index contributed by atoms with van der Waals surface area (Å²) in [6.07, 6.45) is 0.935. The van der Waals surface area contributed by atoms with Gasteiger partial charge in [0.15, 0.2) is 0 Å². The molecule has 2 aromatic rings. The maximum Gasteiger partial charge on any atom is 0.258 e. The van der Waals surface area contributed by atoms with Crippen LogP contribution >= 0.6 is 23.2 Å². The van der Waals surface area contributed by atoms with Crippen LogP contribution in [0.1, 0.15) is 10.4 Å². The SMILES string of the molecule is COc1cc(NC(=O)c2cc(F)cnc2Cl)ccc1Cl. The summed E-state index contributed by atoms with van der Waals surface area (Å²) in [4.78, 5) is 15.6. The lowest BCUT2D eigenvalue weighted by Crippen LogP contribution is -2.13. The first kappa shape index (κ1) is 14.6. The van der Waals surface area contributed by atoms with Crippen LogP contribution in [0.3, 0.4) is 0 Å². The highest BCUT2D eigenvalue weighted by atomic mass is 35.5. The number of hydrogen-bond acceptors (Lipinski definition) is 3. The fourth-order valence-corrected chi connectivity index (χ4v) is 1.90. The van der Waals surface area contributed by atoms with E-state index < -0.39 is 11.7 Å². The molecule has 1 heterocycles. The lowest BCUT2D eigenvalue weighted by atomic mass is 10.2. The molecule has 0 bridgehead atoms. The topological polar surface area (TPSA) is 51.2 Å². The number of halogens is 3. The molecule has 2 rings (SSSR count). The Kier molecular flexibility index (Phi) is 4.42. The van der Waals surface area contributed by atoms with Gasteiger partial charge in [-0.3, -0.25) is 4.79 Å². The molecule has 1 N–H and O–H groups in total. The molecule has 0 aliphatic carbocycles. The minimum Gasteiger partial charge on any atom is -0.495 e. The zero-order chi connectivity index (χ0) is 14.7. The van der Waals surface area contributed by atoms with Crippen molar-refractivity contribution in [2.75, 3.05) is 12.4 Å². The molecule has 0 saturated carbocycles. The molecule has 1 amide bonds. The standard InChI is InChI=1S/C13H9Cl2FN2O2/c1-20-11-5-8(2-3-10(11)14)18-13(19)9-4-7(16)6-17-12(9)15/h2-6H,1H3,(H,18,19). The van der Waals surface area contributed by atoms with Crippen LogP contribution in [-0.4, -0.2) is 18.0 Å². The van der Waals surface area contributed by atoms with Crippen LogP contribution < -0.4 is 10.1 Å². The van der Waals surface area contributed by atoms with Crippen LogP contribution in [0.25, 0.3) is 0 Å². The van der Waals surface area contributed by atoms with E-state index in [0.29, 0.717) is 16.5 Å². The van der Waals surface area contributed by atoms with Crippen molar-refractivity contribution >= 4 is 34.8 Å².